The lowest BCUT2D eigenvalue weighted by Gasteiger charge is -2.17. The van der Waals surface area contributed by atoms with Crippen LogP contribution in [-0.4, -0.2) is 33.7 Å². The number of nitrogens with one attached hydrogen (secondary N) is 1. The fourth-order valence-electron chi connectivity index (χ4n) is 1.15. The van der Waals surface area contributed by atoms with Crippen LogP contribution in [0.15, 0.2) is 10.9 Å². The van der Waals surface area contributed by atoms with Gasteiger partial charge in [-0.05, 0) is 13.8 Å². The number of aromatic nitrogens is 2. The Morgan fingerprint density at radius 2 is 2.24 bits per heavy atom. The minimum absolute atomic E-state index is 0.0633. The minimum Gasteiger partial charge on any atom is -0.481 e. The van der Waals surface area contributed by atoms with Crippen LogP contribution in [-0.2, 0) is 16.0 Å². The Kier molecular flexibility index (Phi) is 4.19. The number of carbonyl (C=O) groups excluding carboxylic acids is 1. The van der Waals surface area contributed by atoms with Gasteiger partial charge in [-0.25, -0.2) is 0 Å². The zero-order valence-electron chi connectivity index (χ0n) is 9.77. The number of hydrogen-bond donors (Lipinski definition) is 2. The summed E-state index contributed by atoms with van der Waals surface area (Å²) in [6.07, 6.45) is 1.65. The molecule has 7 nitrogen and oxygen atoms in total. The van der Waals surface area contributed by atoms with Crippen LogP contribution >= 0.6 is 0 Å². The third-order valence-electron chi connectivity index (χ3n) is 2.25. The van der Waals surface area contributed by atoms with E-state index in [-0.39, 0.29) is 12.3 Å². The third-order valence-corrected chi connectivity index (χ3v) is 2.25. The van der Waals surface area contributed by atoms with Gasteiger partial charge in [0.15, 0.2) is 6.33 Å². The molecule has 0 aromatic carbocycles. The zero-order chi connectivity index (χ0) is 12.9. The van der Waals surface area contributed by atoms with Crippen LogP contribution in [0.1, 0.15) is 26.2 Å². The normalized spacial score (nSPS) is 11.2. The molecule has 0 bridgehead atoms. The number of amides is 1. The molecule has 0 atom stereocenters. The van der Waals surface area contributed by atoms with Gasteiger partial charge in [-0.2, -0.15) is 4.98 Å². The average molecular weight is 241 g/mol. The van der Waals surface area contributed by atoms with Gasteiger partial charge in [0.05, 0.1) is 5.41 Å². The van der Waals surface area contributed by atoms with Crippen molar-refractivity contribution >= 4 is 11.9 Å². The van der Waals surface area contributed by atoms with Crippen molar-refractivity contribution in [1.82, 2.24) is 15.5 Å². The Morgan fingerprint density at radius 3 is 2.76 bits per heavy atom. The molecule has 1 amide bonds. The van der Waals surface area contributed by atoms with E-state index in [1.54, 1.807) is 0 Å². The standard InChI is InChI=1S/C10H15N3O4/c1-10(2,9(15)16)5-7(14)11-4-3-8-12-6-13-17-8/h6H,3-5H2,1-2H3,(H,11,14)(H,15,16). The zero-order valence-corrected chi connectivity index (χ0v) is 9.77. The SMILES string of the molecule is CC(C)(CC(=O)NCCc1ncno1)C(=O)O. The van der Waals surface area contributed by atoms with Crippen LogP contribution in [0.4, 0.5) is 0 Å². The molecule has 1 aromatic rings. The summed E-state index contributed by atoms with van der Waals surface area (Å²) in [7, 11) is 0. The van der Waals surface area contributed by atoms with Crippen molar-refractivity contribution in [3.63, 3.8) is 0 Å². The highest BCUT2D eigenvalue weighted by atomic mass is 16.5. The van der Waals surface area contributed by atoms with E-state index >= 15 is 0 Å². The van der Waals surface area contributed by atoms with Crippen molar-refractivity contribution < 1.29 is 19.2 Å². The average Bonchev–Trinajstić information content (AvgIpc) is 2.69. The first-order chi connectivity index (χ1) is 7.92. The van der Waals surface area contributed by atoms with Crippen LogP contribution in [0.25, 0.3) is 0 Å². The van der Waals surface area contributed by atoms with Crippen LogP contribution in [0.5, 0.6) is 0 Å². The molecule has 0 aliphatic heterocycles. The van der Waals surface area contributed by atoms with E-state index in [1.165, 1.54) is 20.2 Å². The summed E-state index contributed by atoms with van der Waals surface area (Å²) in [6.45, 7) is 3.36. The Hall–Kier alpha value is -1.92. The van der Waals surface area contributed by atoms with Crippen molar-refractivity contribution in [2.45, 2.75) is 26.7 Å². The molecular weight excluding hydrogens is 226 g/mol. The molecule has 0 spiro atoms. The van der Waals surface area contributed by atoms with E-state index in [1.807, 2.05) is 0 Å². The van der Waals surface area contributed by atoms with Gasteiger partial charge in [0, 0.05) is 19.4 Å². The minimum atomic E-state index is -1.06. The molecule has 0 aliphatic rings. The number of nitrogens with zero attached hydrogens (tertiary/aromatic N) is 2. The molecule has 0 unspecified atom stereocenters. The number of carboxylic acid groups (broad SMARTS) is 1. The van der Waals surface area contributed by atoms with Gasteiger partial charge in [-0.3, -0.25) is 9.59 Å². The van der Waals surface area contributed by atoms with E-state index in [4.69, 9.17) is 9.63 Å². The summed E-state index contributed by atoms with van der Waals surface area (Å²) in [4.78, 5) is 26.0. The lowest BCUT2D eigenvalue weighted by Crippen LogP contribution is -2.34. The van der Waals surface area contributed by atoms with Gasteiger partial charge < -0.3 is 14.9 Å². The summed E-state index contributed by atoms with van der Waals surface area (Å²) in [6, 6.07) is 0. The number of carboxylic acids is 1. The van der Waals surface area contributed by atoms with Crippen LogP contribution in [0.3, 0.4) is 0 Å². The van der Waals surface area contributed by atoms with E-state index < -0.39 is 11.4 Å². The molecule has 7 heteroatoms. The van der Waals surface area contributed by atoms with Crippen molar-refractivity contribution in [3.8, 4) is 0 Å². The number of carbonyl (C=O) groups is 2. The highest BCUT2D eigenvalue weighted by Crippen LogP contribution is 2.19. The van der Waals surface area contributed by atoms with Gasteiger partial charge in [-0.1, -0.05) is 5.16 Å². The molecule has 1 aromatic heterocycles. The first kappa shape index (κ1) is 13.1. The first-order valence-electron chi connectivity index (χ1n) is 5.17. The molecule has 0 saturated heterocycles. The molecule has 0 saturated carbocycles. The van der Waals surface area contributed by atoms with Gasteiger partial charge >= 0.3 is 5.97 Å². The molecule has 1 heterocycles. The quantitative estimate of drug-likeness (QED) is 0.738. The van der Waals surface area contributed by atoms with Crippen LogP contribution in [0.2, 0.25) is 0 Å². The number of hydrogen-bond acceptors (Lipinski definition) is 5. The van der Waals surface area contributed by atoms with Gasteiger partial charge in [0.2, 0.25) is 11.8 Å². The van der Waals surface area contributed by atoms with Gasteiger partial charge in [-0.15, -0.1) is 0 Å². The monoisotopic (exact) mass is 241 g/mol. The molecular formula is C10H15N3O4. The fourth-order valence-corrected chi connectivity index (χ4v) is 1.15. The topological polar surface area (TPSA) is 105 Å². The molecule has 0 radical (unpaired) electrons. The highest BCUT2D eigenvalue weighted by molar-refractivity contribution is 5.84. The summed E-state index contributed by atoms with van der Waals surface area (Å²) in [5.74, 6) is -0.871. The number of rotatable bonds is 6. The Morgan fingerprint density at radius 1 is 1.53 bits per heavy atom. The maximum atomic E-state index is 11.5. The predicted molar refractivity (Wildman–Crippen MR) is 57.0 cm³/mol. The summed E-state index contributed by atoms with van der Waals surface area (Å²) in [5, 5.41) is 14.9. The second kappa shape index (κ2) is 5.42. The Bertz CT molecular complexity index is 386. The van der Waals surface area contributed by atoms with E-state index in [2.05, 4.69) is 15.5 Å². The predicted octanol–water partition coefficient (Wildman–Crippen LogP) is 0.229. The summed E-state index contributed by atoms with van der Waals surface area (Å²) >= 11 is 0. The largest absolute Gasteiger partial charge is 0.481 e. The molecule has 0 fully saturated rings. The molecule has 2 N–H and O–H groups in total. The summed E-state index contributed by atoms with van der Waals surface area (Å²) in [5.41, 5.74) is -1.06. The molecule has 0 aliphatic carbocycles. The Balaban J connectivity index is 2.28. The van der Waals surface area contributed by atoms with Crippen molar-refractivity contribution in [2.24, 2.45) is 5.41 Å². The van der Waals surface area contributed by atoms with Crippen molar-refractivity contribution in [1.29, 1.82) is 0 Å². The number of aliphatic carboxylic acids is 1. The molecule has 1 rings (SSSR count). The highest BCUT2D eigenvalue weighted by Gasteiger charge is 2.29. The second-order valence-corrected chi connectivity index (χ2v) is 4.30. The third kappa shape index (κ3) is 4.21. The molecule has 94 valence electrons. The van der Waals surface area contributed by atoms with Gasteiger partial charge in [0.25, 0.3) is 0 Å². The lowest BCUT2D eigenvalue weighted by atomic mass is 9.89. The van der Waals surface area contributed by atoms with E-state index in [0.29, 0.717) is 18.9 Å². The first-order valence-corrected chi connectivity index (χ1v) is 5.17. The molecule has 17 heavy (non-hydrogen) atoms. The van der Waals surface area contributed by atoms with Crippen molar-refractivity contribution in [3.05, 3.63) is 12.2 Å². The van der Waals surface area contributed by atoms with Crippen molar-refractivity contribution in [2.75, 3.05) is 6.54 Å². The smallest absolute Gasteiger partial charge is 0.309 e. The lowest BCUT2D eigenvalue weighted by molar-refractivity contribution is -0.149. The van der Waals surface area contributed by atoms with E-state index in [0.717, 1.165) is 0 Å². The second-order valence-electron chi connectivity index (χ2n) is 4.30. The Labute approximate surface area is 98.2 Å². The maximum absolute atomic E-state index is 11.5. The summed E-state index contributed by atoms with van der Waals surface area (Å²) < 4.78 is 4.75. The maximum Gasteiger partial charge on any atom is 0.309 e. The van der Waals surface area contributed by atoms with Crippen LogP contribution in [0, 0.1) is 5.41 Å². The van der Waals surface area contributed by atoms with Gasteiger partial charge in [0.1, 0.15) is 0 Å². The fraction of sp³-hybridized carbons (Fsp3) is 0.600. The van der Waals surface area contributed by atoms with E-state index in [9.17, 15) is 9.59 Å². The van der Waals surface area contributed by atoms with Crippen LogP contribution < -0.4 is 5.32 Å².